The zero-order chi connectivity index (χ0) is 23.6. The molecule has 2 N–H and O–H groups in total. The molecule has 0 saturated carbocycles. The van der Waals surface area contributed by atoms with Crippen LogP contribution in [-0.4, -0.2) is 48.0 Å². The number of anilines is 1. The van der Waals surface area contributed by atoms with E-state index in [9.17, 15) is 9.59 Å². The standard InChI is InChI=1S/C24H27N5O3S/c1-3-22(19-6-4-7-20(14-19)27-23(30)32-13-5-12-26-2)29-24(31)33-16-21(28-29)18-10-8-17(15-25)9-11-18/h4,6-11,14,22,26H,3,5,12-13,16H2,1-2H3,(H,27,30). The molecule has 172 valence electrons. The Balaban J connectivity index is 1.76. The molecule has 0 spiro atoms. The molecule has 2 aromatic rings. The maximum absolute atomic E-state index is 12.7. The normalized spacial score (nSPS) is 14.3. The minimum atomic E-state index is -0.512. The maximum Gasteiger partial charge on any atom is 0.411 e. The second kappa shape index (κ2) is 12.0. The summed E-state index contributed by atoms with van der Waals surface area (Å²) in [7, 11) is 1.85. The van der Waals surface area contributed by atoms with Gasteiger partial charge in [-0.1, -0.05) is 43.0 Å². The Bertz CT molecular complexity index is 1050. The van der Waals surface area contributed by atoms with Crippen LogP contribution in [0.3, 0.4) is 0 Å². The van der Waals surface area contributed by atoms with Gasteiger partial charge in [-0.3, -0.25) is 10.1 Å². The second-order valence-corrected chi connectivity index (χ2v) is 8.33. The molecule has 0 saturated heterocycles. The monoisotopic (exact) mass is 465 g/mol. The van der Waals surface area contributed by atoms with Crippen LogP contribution < -0.4 is 10.6 Å². The van der Waals surface area contributed by atoms with Gasteiger partial charge in [-0.15, -0.1) is 0 Å². The highest BCUT2D eigenvalue weighted by Gasteiger charge is 2.29. The first kappa shape index (κ1) is 24.3. The number of nitrogens with zero attached hydrogens (tertiary/aromatic N) is 3. The molecule has 2 amide bonds. The number of thioether (sulfide) groups is 1. The van der Waals surface area contributed by atoms with Gasteiger partial charge in [0.15, 0.2) is 0 Å². The third kappa shape index (κ3) is 6.57. The molecular formula is C24H27N5O3S. The summed E-state index contributed by atoms with van der Waals surface area (Å²) in [6.07, 6.45) is 0.868. The fourth-order valence-corrected chi connectivity index (χ4v) is 4.20. The zero-order valence-electron chi connectivity index (χ0n) is 18.7. The molecule has 0 aromatic heterocycles. The molecule has 1 aliphatic heterocycles. The predicted molar refractivity (Wildman–Crippen MR) is 130 cm³/mol. The summed E-state index contributed by atoms with van der Waals surface area (Å²) in [5, 5.41) is 20.8. The summed E-state index contributed by atoms with van der Waals surface area (Å²) in [4.78, 5) is 24.8. The maximum atomic E-state index is 12.7. The lowest BCUT2D eigenvalue weighted by atomic mass is 10.0. The van der Waals surface area contributed by atoms with E-state index in [0.717, 1.165) is 29.8 Å². The van der Waals surface area contributed by atoms with Crippen molar-refractivity contribution in [3.8, 4) is 6.07 Å². The first-order valence-electron chi connectivity index (χ1n) is 10.8. The molecule has 9 heteroatoms. The topological polar surface area (TPSA) is 107 Å². The summed E-state index contributed by atoms with van der Waals surface area (Å²) in [5.74, 6) is 0.471. The molecule has 0 radical (unpaired) electrons. The molecule has 0 fully saturated rings. The lowest BCUT2D eigenvalue weighted by molar-refractivity contribution is 0.160. The molecule has 8 nitrogen and oxygen atoms in total. The van der Waals surface area contributed by atoms with E-state index in [1.165, 1.54) is 16.8 Å². The summed E-state index contributed by atoms with van der Waals surface area (Å²) in [6, 6.07) is 16.4. The predicted octanol–water partition coefficient (Wildman–Crippen LogP) is 4.74. The van der Waals surface area contributed by atoms with Crippen LogP contribution in [0.25, 0.3) is 0 Å². The number of hydrogen-bond donors (Lipinski definition) is 2. The van der Waals surface area contributed by atoms with Crippen LogP contribution in [-0.2, 0) is 4.74 Å². The number of ether oxygens (including phenoxy) is 1. The van der Waals surface area contributed by atoms with E-state index in [1.807, 2.05) is 44.3 Å². The fourth-order valence-electron chi connectivity index (χ4n) is 3.41. The first-order valence-corrected chi connectivity index (χ1v) is 11.8. The minimum Gasteiger partial charge on any atom is -0.449 e. The van der Waals surface area contributed by atoms with E-state index in [4.69, 9.17) is 10.00 Å². The Morgan fingerprint density at radius 3 is 2.79 bits per heavy atom. The molecule has 1 atom stereocenters. The van der Waals surface area contributed by atoms with E-state index in [0.29, 0.717) is 30.0 Å². The van der Waals surface area contributed by atoms with Crippen LogP contribution in [0, 0.1) is 11.3 Å². The van der Waals surface area contributed by atoms with Gasteiger partial charge in [0, 0.05) is 11.4 Å². The number of carbonyl (C=O) groups is 2. The van der Waals surface area contributed by atoms with Crippen LogP contribution in [0.2, 0.25) is 0 Å². The quantitative estimate of drug-likeness (QED) is 0.518. The minimum absolute atomic E-state index is 0.124. The number of rotatable bonds is 9. The van der Waals surface area contributed by atoms with Gasteiger partial charge in [-0.25, -0.2) is 9.80 Å². The van der Waals surface area contributed by atoms with E-state index >= 15 is 0 Å². The average molecular weight is 466 g/mol. The van der Waals surface area contributed by atoms with Crippen molar-refractivity contribution in [3.63, 3.8) is 0 Å². The van der Waals surface area contributed by atoms with Gasteiger partial charge in [0.25, 0.3) is 0 Å². The number of carbonyl (C=O) groups excluding carboxylic acids is 2. The van der Waals surface area contributed by atoms with Crippen molar-refractivity contribution in [1.29, 1.82) is 5.26 Å². The second-order valence-electron chi connectivity index (χ2n) is 7.40. The zero-order valence-corrected chi connectivity index (χ0v) is 19.5. The third-order valence-electron chi connectivity index (χ3n) is 5.10. The molecule has 2 aromatic carbocycles. The number of amides is 2. The van der Waals surface area contributed by atoms with Crippen molar-refractivity contribution in [1.82, 2.24) is 10.3 Å². The lowest BCUT2D eigenvalue weighted by Crippen LogP contribution is -2.33. The van der Waals surface area contributed by atoms with E-state index < -0.39 is 6.09 Å². The summed E-state index contributed by atoms with van der Waals surface area (Å²) in [6.45, 7) is 3.09. The van der Waals surface area contributed by atoms with Crippen molar-refractivity contribution in [2.45, 2.75) is 25.8 Å². The Morgan fingerprint density at radius 1 is 1.30 bits per heavy atom. The fraction of sp³-hybridized carbons (Fsp3) is 0.333. The molecule has 3 rings (SSSR count). The summed E-state index contributed by atoms with van der Waals surface area (Å²) in [5.41, 5.74) is 3.70. The highest BCUT2D eigenvalue weighted by Crippen LogP contribution is 2.32. The van der Waals surface area contributed by atoms with Gasteiger partial charge in [-0.2, -0.15) is 10.4 Å². The van der Waals surface area contributed by atoms with Crippen molar-refractivity contribution in [2.75, 3.05) is 31.3 Å². The summed E-state index contributed by atoms with van der Waals surface area (Å²) >= 11 is 1.20. The van der Waals surface area contributed by atoms with Crippen molar-refractivity contribution >= 4 is 34.5 Å². The van der Waals surface area contributed by atoms with Gasteiger partial charge >= 0.3 is 11.3 Å². The van der Waals surface area contributed by atoms with Crippen LogP contribution in [0.1, 0.15) is 42.5 Å². The van der Waals surface area contributed by atoms with Crippen LogP contribution in [0.5, 0.6) is 0 Å². The van der Waals surface area contributed by atoms with Crippen LogP contribution >= 0.6 is 11.8 Å². The highest BCUT2D eigenvalue weighted by molar-refractivity contribution is 8.14. The lowest BCUT2D eigenvalue weighted by Gasteiger charge is -2.30. The first-order chi connectivity index (χ1) is 16.0. The Morgan fingerprint density at radius 2 is 2.09 bits per heavy atom. The van der Waals surface area contributed by atoms with E-state index in [-0.39, 0.29) is 11.3 Å². The van der Waals surface area contributed by atoms with E-state index in [2.05, 4.69) is 21.8 Å². The Hall–Kier alpha value is -3.35. The van der Waals surface area contributed by atoms with Crippen LogP contribution in [0.4, 0.5) is 15.3 Å². The molecular weight excluding hydrogens is 438 g/mol. The molecule has 33 heavy (non-hydrogen) atoms. The van der Waals surface area contributed by atoms with Gasteiger partial charge in [0.2, 0.25) is 0 Å². The number of nitrogens with one attached hydrogen (secondary N) is 2. The van der Waals surface area contributed by atoms with Gasteiger partial charge in [0.05, 0.1) is 30.0 Å². The summed E-state index contributed by atoms with van der Waals surface area (Å²) < 4.78 is 5.19. The molecule has 0 aliphatic carbocycles. The number of nitriles is 1. The van der Waals surface area contributed by atoms with Gasteiger partial charge < -0.3 is 10.1 Å². The molecule has 1 unspecified atom stereocenters. The van der Waals surface area contributed by atoms with Crippen molar-refractivity contribution in [3.05, 3.63) is 65.2 Å². The largest absolute Gasteiger partial charge is 0.449 e. The van der Waals surface area contributed by atoms with Gasteiger partial charge in [-0.05, 0) is 61.8 Å². The third-order valence-corrected chi connectivity index (χ3v) is 5.95. The SMILES string of the molecule is CCC(c1cccc(NC(=O)OCCCNC)c1)N1N=C(c2ccc(C#N)cc2)CSC1=O. The molecule has 1 aliphatic rings. The van der Waals surface area contributed by atoms with E-state index in [1.54, 1.807) is 18.2 Å². The molecule has 0 bridgehead atoms. The van der Waals surface area contributed by atoms with Crippen molar-refractivity contribution < 1.29 is 14.3 Å². The molecule has 1 heterocycles. The number of benzene rings is 2. The highest BCUT2D eigenvalue weighted by atomic mass is 32.2. The Kier molecular flexibility index (Phi) is 8.87. The smallest absolute Gasteiger partial charge is 0.411 e. The Labute approximate surface area is 198 Å². The average Bonchev–Trinajstić information content (AvgIpc) is 2.84. The number of hydrazone groups is 1. The van der Waals surface area contributed by atoms with Gasteiger partial charge in [0.1, 0.15) is 0 Å². The number of hydrogen-bond acceptors (Lipinski definition) is 7. The van der Waals surface area contributed by atoms with Crippen molar-refractivity contribution in [2.24, 2.45) is 5.10 Å². The van der Waals surface area contributed by atoms with Crippen LogP contribution in [0.15, 0.2) is 53.6 Å².